The second-order valence-corrected chi connectivity index (χ2v) is 12.3. The third-order valence-corrected chi connectivity index (χ3v) is 4.48. The highest BCUT2D eigenvalue weighted by Crippen LogP contribution is 2.13. The molecule has 14 nitrogen and oxygen atoms in total. The van der Waals surface area contributed by atoms with Crippen molar-refractivity contribution in [3.8, 4) is 0 Å². The molecule has 0 rings (SSSR count). The van der Waals surface area contributed by atoms with Gasteiger partial charge in [0, 0.05) is 6.42 Å². The van der Waals surface area contributed by atoms with Crippen LogP contribution in [0.2, 0.25) is 0 Å². The lowest BCUT2D eigenvalue weighted by atomic mass is 10.1. The highest BCUT2D eigenvalue weighted by atomic mass is 16.6. The van der Waals surface area contributed by atoms with Crippen molar-refractivity contribution < 1.29 is 47.7 Å². The minimum Gasteiger partial charge on any atom is -0.460 e. The van der Waals surface area contributed by atoms with E-state index in [4.69, 9.17) is 18.9 Å². The van der Waals surface area contributed by atoms with E-state index in [1.165, 1.54) is 6.08 Å². The van der Waals surface area contributed by atoms with Gasteiger partial charge in [-0.2, -0.15) is 0 Å². The molecular formula is C28H48N4O10. The van der Waals surface area contributed by atoms with E-state index >= 15 is 0 Å². The lowest BCUT2D eigenvalue weighted by molar-refractivity contribution is -0.160. The topological polar surface area (TPSA) is 187 Å². The van der Waals surface area contributed by atoms with E-state index in [1.807, 2.05) is 0 Å². The lowest BCUT2D eigenvalue weighted by Gasteiger charge is -2.25. The fourth-order valence-corrected chi connectivity index (χ4v) is 2.96. The zero-order chi connectivity index (χ0) is 32.7. The van der Waals surface area contributed by atoms with Crippen LogP contribution in [0.5, 0.6) is 0 Å². The summed E-state index contributed by atoms with van der Waals surface area (Å²) in [6.45, 7) is 17.4. The first-order valence-electron chi connectivity index (χ1n) is 13.6. The fourth-order valence-electron chi connectivity index (χ4n) is 2.96. The van der Waals surface area contributed by atoms with Gasteiger partial charge < -0.3 is 40.2 Å². The average molecular weight is 601 g/mol. The van der Waals surface area contributed by atoms with Gasteiger partial charge in [0.1, 0.15) is 28.9 Å². The molecule has 4 N–H and O–H groups in total. The summed E-state index contributed by atoms with van der Waals surface area (Å²) >= 11 is 0. The number of nitrogens with one attached hydrogen (secondary N) is 4. The lowest BCUT2D eigenvalue weighted by Crippen LogP contribution is -2.52. The molecule has 0 saturated heterocycles. The fraction of sp³-hybridized carbons (Fsp3) is 0.714. The summed E-state index contributed by atoms with van der Waals surface area (Å²) < 4.78 is 21.0. The maximum atomic E-state index is 12.6. The van der Waals surface area contributed by atoms with Gasteiger partial charge >= 0.3 is 18.0 Å². The van der Waals surface area contributed by atoms with Crippen molar-refractivity contribution in [3.05, 3.63) is 12.7 Å². The van der Waals surface area contributed by atoms with E-state index in [0.717, 1.165) is 0 Å². The summed E-state index contributed by atoms with van der Waals surface area (Å²) in [7, 11) is 0. The molecular weight excluding hydrogens is 552 g/mol. The Hall–Kier alpha value is -3.68. The normalized spacial score (nSPS) is 13.1. The number of hydrogen-bond donors (Lipinski definition) is 4. The third-order valence-electron chi connectivity index (χ3n) is 4.48. The first kappa shape index (κ1) is 38.3. The molecule has 0 aromatic heterocycles. The van der Waals surface area contributed by atoms with Crippen LogP contribution in [0.1, 0.15) is 75.2 Å². The van der Waals surface area contributed by atoms with Crippen LogP contribution in [0.3, 0.4) is 0 Å². The molecule has 240 valence electrons. The highest BCUT2D eigenvalue weighted by molar-refractivity contribution is 5.92. The van der Waals surface area contributed by atoms with Crippen molar-refractivity contribution in [1.82, 2.24) is 21.3 Å². The van der Waals surface area contributed by atoms with Crippen LogP contribution in [0.15, 0.2) is 12.7 Å². The van der Waals surface area contributed by atoms with Crippen molar-refractivity contribution in [1.29, 1.82) is 0 Å². The summed E-state index contributed by atoms with van der Waals surface area (Å²) in [5, 5.41) is 9.51. The van der Waals surface area contributed by atoms with Crippen molar-refractivity contribution >= 4 is 35.8 Å². The Bertz CT molecular complexity index is 961. The maximum Gasteiger partial charge on any atom is 0.408 e. The standard InChI is InChI=1S/C28H48N4O10/c1-11-14-39-17-19(32-25(38)42-28(8,9)10)23(36)30-15-20(33)29-16-21(34)31-18(24(37)41-27(5,6)7)12-13-22(35)40-26(2,3)4/h11,18-19H,1,12-17H2,2-10H3,(H,29,33)(H,30,36)(H,31,34)(H,32,38)/t18-,19-/m0/s1. The maximum absolute atomic E-state index is 12.6. The Morgan fingerprint density at radius 2 is 1.26 bits per heavy atom. The molecule has 0 aromatic carbocycles. The van der Waals surface area contributed by atoms with Crippen LogP contribution < -0.4 is 21.3 Å². The summed E-state index contributed by atoms with van der Waals surface area (Å²) in [5.74, 6) is -3.47. The number of amides is 4. The number of carbonyl (C=O) groups is 6. The van der Waals surface area contributed by atoms with Crippen molar-refractivity contribution in [2.45, 2.75) is 104 Å². The predicted octanol–water partition coefficient (Wildman–Crippen LogP) is 1.26. The Balaban J connectivity index is 5.03. The highest BCUT2D eigenvalue weighted by Gasteiger charge is 2.29. The van der Waals surface area contributed by atoms with Gasteiger partial charge in [0.2, 0.25) is 17.7 Å². The Morgan fingerprint density at radius 3 is 1.79 bits per heavy atom. The van der Waals surface area contributed by atoms with E-state index in [1.54, 1.807) is 62.3 Å². The van der Waals surface area contributed by atoms with Crippen molar-refractivity contribution in [2.75, 3.05) is 26.3 Å². The summed E-state index contributed by atoms with van der Waals surface area (Å²) in [6, 6.07) is -2.34. The first-order chi connectivity index (χ1) is 19.1. The minimum atomic E-state index is -1.17. The van der Waals surface area contributed by atoms with Crippen LogP contribution in [-0.4, -0.2) is 90.9 Å². The first-order valence-corrected chi connectivity index (χ1v) is 13.6. The van der Waals surface area contributed by atoms with Crippen LogP contribution in [0, 0.1) is 0 Å². The van der Waals surface area contributed by atoms with Gasteiger partial charge in [-0.05, 0) is 68.7 Å². The predicted molar refractivity (Wildman–Crippen MR) is 153 cm³/mol. The van der Waals surface area contributed by atoms with Crippen LogP contribution >= 0.6 is 0 Å². The second kappa shape index (κ2) is 17.3. The SMILES string of the molecule is C=CCOC[C@H](NC(=O)OC(C)(C)C)C(=O)NCC(=O)NCC(=O)N[C@@H](CCC(=O)OC(C)(C)C)C(=O)OC(C)(C)C. The molecule has 0 saturated carbocycles. The smallest absolute Gasteiger partial charge is 0.408 e. The number of rotatable bonds is 15. The number of hydrogen-bond acceptors (Lipinski definition) is 10. The number of ether oxygens (including phenoxy) is 4. The van der Waals surface area contributed by atoms with Gasteiger partial charge in [-0.25, -0.2) is 9.59 Å². The molecule has 0 spiro atoms. The Labute approximate surface area is 248 Å². The minimum absolute atomic E-state index is 0.0838. The number of alkyl carbamates (subject to hydrolysis) is 1. The van der Waals surface area contributed by atoms with Crippen molar-refractivity contribution in [2.24, 2.45) is 0 Å². The summed E-state index contributed by atoms with van der Waals surface area (Å²) in [5.41, 5.74) is -2.36. The molecule has 0 aliphatic carbocycles. The van der Waals surface area contributed by atoms with Gasteiger partial charge in [0.15, 0.2) is 0 Å². The number of carbonyl (C=O) groups excluding carboxylic acids is 6. The van der Waals surface area contributed by atoms with E-state index < -0.39 is 77.7 Å². The average Bonchev–Trinajstić information content (AvgIpc) is 2.79. The molecule has 0 aliphatic heterocycles. The van der Waals surface area contributed by atoms with Crippen LogP contribution in [0.4, 0.5) is 4.79 Å². The zero-order valence-electron chi connectivity index (χ0n) is 26.3. The molecule has 0 bridgehead atoms. The molecule has 42 heavy (non-hydrogen) atoms. The zero-order valence-corrected chi connectivity index (χ0v) is 26.3. The van der Waals surface area contributed by atoms with Gasteiger partial charge in [0.25, 0.3) is 0 Å². The summed E-state index contributed by atoms with van der Waals surface area (Å²) in [4.78, 5) is 74.3. The van der Waals surface area contributed by atoms with E-state index in [0.29, 0.717) is 0 Å². The molecule has 2 atom stereocenters. The molecule has 0 aromatic rings. The van der Waals surface area contributed by atoms with E-state index in [2.05, 4.69) is 27.8 Å². The molecule has 0 unspecified atom stereocenters. The van der Waals surface area contributed by atoms with Crippen LogP contribution in [0.25, 0.3) is 0 Å². The number of esters is 2. The largest absolute Gasteiger partial charge is 0.460 e. The Morgan fingerprint density at radius 1 is 0.714 bits per heavy atom. The van der Waals surface area contributed by atoms with E-state index in [-0.39, 0.29) is 26.1 Å². The van der Waals surface area contributed by atoms with Gasteiger partial charge in [-0.1, -0.05) is 6.08 Å². The quantitative estimate of drug-likeness (QED) is 0.0922. The van der Waals surface area contributed by atoms with Gasteiger partial charge in [0.05, 0.1) is 26.3 Å². The van der Waals surface area contributed by atoms with Crippen LogP contribution in [-0.2, 0) is 42.9 Å². The molecule has 0 heterocycles. The molecule has 4 amide bonds. The third kappa shape index (κ3) is 20.2. The van der Waals surface area contributed by atoms with Gasteiger partial charge in [-0.3, -0.25) is 19.2 Å². The molecule has 14 heteroatoms. The second-order valence-electron chi connectivity index (χ2n) is 12.3. The molecule has 0 fully saturated rings. The van der Waals surface area contributed by atoms with E-state index in [9.17, 15) is 28.8 Å². The van der Waals surface area contributed by atoms with Gasteiger partial charge in [-0.15, -0.1) is 6.58 Å². The monoisotopic (exact) mass is 600 g/mol. The molecule has 0 radical (unpaired) electrons. The van der Waals surface area contributed by atoms with Crippen molar-refractivity contribution in [3.63, 3.8) is 0 Å². The Kier molecular flexibility index (Phi) is 15.8. The molecule has 0 aliphatic rings. The summed E-state index contributed by atoms with van der Waals surface area (Å²) in [6.07, 6.45) is 0.373.